The first-order chi connectivity index (χ1) is 12.2. The van der Waals surface area contributed by atoms with Crippen molar-refractivity contribution in [3.63, 3.8) is 0 Å². The number of halogens is 1. The van der Waals surface area contributed by atoms with Crippen LogP contribution in [-0.4, -0.2) is 30.5 Å². The van der Waals surface area contributed by atoms with Crippen LogP contribution < -0.4 is 9.03 Å². The highest BCUT2D eigenvalue weighted by molar-refractivity contribution is 7.92. The Kier molecular flexibility index (Phi) is 4.66. The molecule has 0 unspecified atom stereocenters. The molecule has 0 spiro atoms. The molecule has 0 atom stereocenters. The molecule has 140 valence electrons. The molecule has 1 fully saturated rings. The average Bonchev–Trinajstić information content (AvgIpc) is 3.09. The molecule has 3 rings (SSSR count). The van der Waals surface area contributed by atoms with Gasteiger partial charge in [-0.2, -0.15) is 8.42 Å². The van der Waals surface area contributed by atoms with Crippen molar-refractivity contribution < 1.29 is 22.7 Å². The third-order valence-corrected chi connectivity index (χ3v) is 5.57. The number of hydrogen-bond acceptors (Lipinski definition) is 4. The lowest BCUT2D eigenvalue weighted by atomic mass is 10.1. The molecule has 2 aromatic rings. The monoisotopic (exact) mass is 381 g/mol. The summed E-state index contributed by atoms with van der Waals surface area (Å²) < 4.78 is 43.3. The average molecular weight is 381 g/mol. The van der Waals surface area contributed by atoms with Gasteiger partial charge in [0.2, 0.25) is 0 Å². The number of phenols is 1. The highest BCUT2D eigenvalue weighted by atomic mass is 32.2. The Balaban J connectivity index is 2.00. The predicted octanol–water partition coefficient (Wildman–Crippen LogP) is 2.23. The number of nitrogens with one attached hydrogen (secondary N) is 1. The second-order valence-electron chi connectivity index (χ2n) is 6.65. The van der Waals surface area contributed by atoms with Crippen LogP contribution >= 0.6 is 0 Å². The molecule has 1 aliphatic rings. The summed E-state index contributed by atoms with van der Waals surface area (Å²) in [6.07, 6.45) is 4.56. The second-order valence-corrected chi connectivity index (χ2v) is 8.25. The topological polar surface area (TPSA) is 91.6 Å². The van der Waals surface area contributed by atoms with E-state index in [1.54, 1.807) is 17.0 Å². The summed E-state index contributed by atoms with van der Waals surface area (Å²) >= 11 is 0. The van der Waals surface area contributed by atoms with Crippen LogP contribution in [0.3, 0.4) is 0 Å². The summed E-state index contributed by atoms with van der Waals surface area (Å²) in [6.45, 7) is 4.43. The quantitative estimate of drug-likeness (QED) is 0.831. The van der Waals surface area contributed by atoms with Gasteiger partial charge in [-0.05, 0) is 30.5 Å². The number of rotatable bonds is 5. The van der Waals surface area contributed by atoms with E-state index in [1.165, 1.54) is 12.1 Å². The Morgan fingerprint density at radius 1 is 1.31 bits per heavy atom. The van der Waals surface area contributed by atoms with Crippen molar-refractivity contribution in [3.05, 3.63) is 36.4 Å². The maximum absolute atomic E-state index is 15.1. The van der Waals surface area contributed by atoms with Crippen molar-refractivity contribution in [3.8, 4) is 16.9 Å². The minimum absolute atomic E-state index is 0.149. The normalized spacial score (nSPS) is 16.3. The lowest BCUT2D eigenvalue weighted by Gasteiger charge is -2.18. The SMILES string of the molecule is CC(C)CCn1ccc(-c2ccc(O)c(N3CC(=O)NS3(=O)=O)c2F)c1. The van der Waals surface area contributed by atoms with Crippen molar-refractivity contribution in [1.29, 1.82) is 0 Å². The lowest BCUT2D eigenvalue weighted by Crippen LogP contribution is -2.30. The molecule has 2 heterocycles. The van der Waals surface area contributed by atoms with E-state index in [2.05, 4.69) is 13.8 Å². The number of benzene rings is 1. The molecule has 1 aromatic carbocycles. The zero-order valence-corrected chi connectivity index (χ0v) is 15.3. The van der Waals surface area contributed by atoms with Crippen LogP contribution in [-0.2, 0) is 21.5 Å². The van der Waals surface area contributed by atoms with E-state index >= 15 is 4.39 Å². The van der Waals surface area contributed by atoms with Gasteiger partial charge in [0.25, 0.3) is 5.91 Å². The standard InChI is InChI=1S/C17H20FN3O4S/c1-11(2)5-7-20-8-6-12(9-20)13-3-4-14(22)17(16(13)18)21-10-15(23)19-26(21,24)25/h3-4,6,8-9,11,22H,5,7,10H2,1-2H3,(H,19,23). The van der Waals surface area contributed by atoms with E-state index in [0.29, 0.717) is 15.8 Å². The van der Waals surface area contributed by atoms with Crippen molar-refractivity contribution in [2.24, 2.45) is 5.92 Å². The maximum atomic E-state index is 15.1. The van der Waals surface area contributed by atoms with Gasteiger partial charge in [0.15, 0.2) is 5.82 Å². The fraction of sp³-hybridized carbons (Fsp3) is 0.353. The Hall–Kier alpha value is -2.55. The van der Waals surface area contributed by atoms with Crippen molar-refractivity contribution >= 4 is 21.8 Å². The van der Waals surface area contributed by atoms with Gasteiger partial charge < -0.3 is 9.67 Å². The van der Waals surface area contributed by atoms with Crippen LogP contribution in [0.4, 0.5) is 10.1 Å². The first-order valence-corrected chi connectivity index (χ1v) is 9.64. The van der Waals surface area contributed by atoms with E-state index < -0.39 is 39.9 Å². The van der Waals surface area contributed by atoms with Crippen LogP contribution in [0.25, 0.3) is 11.1 Å². The minimum atomic E-state index is -4.22. The van der Waals surface area contributed by atoms with Crippen LogP contribution in [0.15, 0.2) is 30.6 Å². The van der Waals surface area contributed by atoms with Gasteiger partial charge in [0.05, 0.1) is 0 Å². The number of aromatic nitrogens is 1. The molecule has 2 N–H and O–H groups in total. The minimum Gasteiger partial charge on any atom is -0.506 e. The van der Waals surface area contributed by atoms with E-state index in [4.69, 9.17) is 0 Å². The second kappa shape index (κ2) is 6.64. The number of hydrogen-bond donors (Lipinski definition) is 2. The van der Waals surface area contributed by atoms with Crippen molar-refractivity contribution in [2.45, 2.75) is 26.8 Å². The predicted molar refractivity (Wildman–Crippen MR) is 95.4 cm³/mol. The van der Waals surface area contributed by atoms with E-state index in [0.717, 1.165) is 13.0 Å². The first kappa shape index (κ1) is 18.2. The molecule has 1 amide bonds. The number of carbonyl (C=O) groups is 1. The Labute approximate surface area is 151 Å². The lowest BCUT2D eigenvalue weighted by molar-refractivity contribution is -0.117. The molecule has 0 saturated carbocycles. The molecule has 0 bridgehead atoms. The third kappa shape index (κ3) is 3.39. The number of anilines is 1. The molecule has 1 aliphatic heterocycles. The molecule has 9 heteroatoms. The highest BCUT2D eigenvalue weighted by Gasteiger charge is 2.38. The molecular weight excluding hydrogens is 361 g/mol. The van der Waals surface area contributed by atoms with Gasteiger partial charge >= 0.3 is 10.2 Å². The number of nitrogens with zero attached hydrogens (tertiary/aromatic N) is 2. The first-order valence-electron chi connectivity index (χ1n) is 8.20. The molecular formula is C17H20FN3O4S. The summed E-state index contributed by atoms with van der Waals surface area (Å²) in [7, 11) is -4.22. The Bertz CT molecular complexity index is 953. The maximum Gasteiger partial charge on any atom is 0.326 e. The Morgan fingerprint density at radius 2 is 2.04 bits per heavy atom. The number of aromatic hydroxyl groups is 1. The van der Waals surface area contributed by atoms with Crippen LogP contribution in [0.2, 0.25) is 0 Å². The summed E-state index contributed by atoms with van der Waals surface area (Å²) in [6, 6.07) is 4.33. The third-order valence-electron chi connectivity index (χ3n) is 4.19. The van der Waals surface area contributed by atoms with E-state index in [1.807, 2.05) is 10.8 Å². The molecule has 0 aliphatic carbocycles. The van der Waals surface area contributed by atoms with Gasteiger partial charge in [-0.3, -0.25) is 4.79 Å². The summed E-state index contributed by atoms with van der Waals surface area (Å²) in [5.74, 6) is -1.70. The largest absolute Gasteiger partial charge is 0.506 e. The number of carbonyl (C=O) groups excluding carboxylic acids is 1. The zero-order chi connectivity index (χ0) is 19.1. The summed E-state index contributed by atoms with van der Waals surface area (Å²) in [4.78, 5) is 11.4. The van der Waals surface area contributed by atoms with Crippen molar-refractivity contribution in [2.75, 3.05) is 10.8 Å². The van der Waals surface area contributed by atoms with Crippen molar-refractivity contribution in [1.82, 2.24) is 9.29 Å². The molecule has 1 saturated heterocycles. The molecule has 7 nitrogen and oxygen atoms in total. The van der Waals surface area contributed by atoms with Gasteiger partial charge in [0, 0.05) is 30.1 Å². The Morgan fingerprint density at radius 3 is 2.65 bits per heavy atom. The van der Waals surface area contributed by atoms with E-state index in [-0.39, 0.29) is 5.56 Å². The van der Waals surface area contributed by atoms with E-state index in [9.17, 15) is 18.3 Å². The highest BCUT2D eigenvalue weighted by Crippen LogP contribution is 2.38. The van der Waals surface area contributed by atoms with Crippen LogP contribution in [0.1, 0.15) is 20.3 Å². The van der Waals surface area contributed by atoms with Gasteiger partial charge in [-0.25, -0.2) is 13.4 Å². The van der Waals surface area contributed by atoms with Crippen LogP contribution in [0.5, 0.6) is 5.75 Å². The van der Waals surface area contributed by atoms with Gasteiger partial charge in [-0.1, -0.05) is 13.8 Å². The number of aryl methyl sites for hydroxylation is 1. The van der Waals surface area contributed by atoms with Gasteiger partial charge in [0.1, 0.15) is 18.0 Å². The number of phenolic OH excluding ortho intramolecular Hbond substituents is 1. The molecule has 0 radical (unpaired) electrons. The molecule has 1 aromatic heterocycles. The fourth-order valence-corrected chi connectivity index (χ4v) is 3.97. The number of amides is 1. The summed E-state index contributed by atoms with van der Waals surface area (Å²) in [5.41, 5.74) is 0.176. The smallest absolute Gasteiger partial charge is 0.326 e. The summed E-state index contributed by atoms with van der Waals surface area (Å²) in [5, 5.41) is 10.0. The van der Waals surface area contributed by atoms with Gasteiger partial charge in [-0.15, -0.1) is 0 Å². The van der Waals surface area contributed by atoms with Crippen LogP contribution in [0, 0.1) is 11.7 Å². The molecule has 26 heavy (non-hydrogen) atoms. The fourth-order valence-electron chi connectivity index (χ4n) is 2.81. The zero-order valence-electron chi connectivity index (χ0n) is 14.4.